The Kier molecular flexibility index (Phi) is 5.45. The molecule has 0 radical (unpaired) electrons. The van der Waals surface area contributed by atoms with Crippen molar-refractivity contribution >= 4 is 11.5 Å². The summed E-state index contributed by atoms with van der Waals surface area (Å²) in [5, 5.41) is 0. The van der Waals surface area contributed by atoms with Crippen LogP contribution < -0.4 is 9.47 Å². The lowest BCUT2D eigenvalue weighted by atomic mass is 10.0. The van der Waals surface area contributed by atoms with Gasteiger partial charge >= 0.3 is 5.97 Å². The van der Waals surface area contributed by atoms with Crippen molar-refractivity contribution in [3.8, 4) is 11.5 Å². The molecule has 25 heavy (non-hydrogen) atoms. The standard InChI is InChI=1S/C18H23NO6/c1-21-16(22-2)10-19-8-4-5-13(19)17(18(20)23-3)12-6-7-14-15(9-12)25-11-24-14/h6-7,9,16H,4-5,8,10-11H2,1-3H3/b17-13+. The fraction of sp³-hybridized carbons (Fsp3) is 0.500. The van der Waals surface area contributed by atoms with Crippen LogP contribution >= 0.6 is 0 Å². The van der Waals surface area contributed by atoms with E-state index in [2.05, 4.69) is 4.90 Å². The summed E-state index contributed by atoms with van der Waals surface area (Å²) in [7, 11) is 4.60. The van der Waals surface area contributed by atoms with Gasteiger partial charge in [-0.2, -0.15) is 0 Å². The van der Waals surface area contributed by atoms with E-state index in [9.17, 15) is 4.79 Å². The molecule has 3 rings (SSSR count). The molecule has 7 heteroatoms. The molecule has 2 aliphatic rings. The van der Waals surface area contributed by atoms with Gasteiger partial charge in [-0.05, 0) is 30.5 Å². The van der Waals surface area contributed by atoms with Crippen LogP contribution in [0.3, 0.4) is 0 Å². The highest BCUT2D eigenvalue weighted by molar-refractivity contribution is 6.17. The van der Waals surface area contributed by atoms with Crippen LogP contribution in [0.4, 0.5) is 0 Å². The molecule has 1 saturated heterocycles. The monoisotopic (exact) mass is 349 g/mol. The van der Waals surface area contributed by atoms with E-state index in [4.69, 9.17) is 23.7 Å². The molecule has 1 aromatic rings. The average molecular weight is 349 g/mol. The molecule has 2 aliphatic heterocycles. The minimum absolute atomic E-state index is 0.193. The zero-order valence-electron chi connectivity index (χ0n) is 14.7. The van der Waals surface area contributed by atoms with Crippen LogP contribution in [0.15, 0.2) is 23.9 Å². The van der Waals surface area contributed by atoms with Crippen molar-refractivity contribution in [1.29, 1.82) is 0 Å². The summed E-state index contributed by atoms with van der Waals surface area (Å²) in [4.78, 5) is 14.6. The summed E-state index contributed by atoms with van der Waals surface area (Å²) in [5.74, 6) is 0.947. The molecule has 0 saturated carbocycles. The van der Waals surface area contributed by atoms with Gasteiger partial charge in [-0.3, -0.25) is 0 Å². The molecule has 1 fully saturated rings. The fourth-order valence-electron chi connectivity index (χ4n) is 3.20. The summed E-state index contributed by atoms with van der Waals surface area (Å²) >= 11 is 0. The molecule has 0 spiro atoms. The van der Waals surface area contributed by atoms with Gasteiger partial charge in [0.25, 0.3) is 0 Å². The Labute approximate surface area is 147 Å². The second-order valence-electron chi connectivity index (χ2n) is 5.83. The number of hydrogen-bond donors (Lipinski definition) is 0. The van der Waals surface area contributed by atoms with E-state index in [1.54, 1.807) is 14.2 Å². The highest BCUT2D eigenvalue weighted by Crippen LogP contribution is 2.37. The number of methoxy groups -OCH3 is 3. The van der Waals surface area contributed by atoms with Gasteiger partial charge in [0, 0.05) is 26.5 Å². The highest BCUT2D eigenvalue weighted by Gasteiger charge is 2.29. The molecule has 2 heterocycles. The normalized spacial score (nSPS) is 18.0. The first kappa shape index (κ1) is 17.6. The van der Waals surface area contributed by atoms with Crippen LogP contribution in [0.5, 0.6) is 11.5 Å². The van der Waals surface area contributed by atoms with Crippen molar-refractivity contribution in [3.05, 3.63) is 29.5 Å². The lowest BCUT2D eigenvalue weighted by Crippen LogP contribution is -2.32. The Morgan fingerprint density at radius 1 is 1.20 bits per heavy atom. The van der Waals surface area contributed by atoms with Crippen LogP contribution in [0.25, 0.3) is 5.57 Å². The summed E-state index contributed by atoms with van der Waals surface area (Å²) in [6.45, 7) is 1.58. The van der Waals surface area contributed by atoms with Crippen LogP contribution in [0.2, 0.25) is 0 Å². The van der Waals surface area contributed by atoms with E-state index < -0.39 is 0 Å². The van der Waals surface area contributed by atoms with Gasteiger partial charge in [-0.15, -0.1) is 0 Å². The number of allylic oxidation sites excluding steroid dienone is 1. The summed E-state index contributed by atoms with van der Waals surface area (Å²) in [5.41, 5.74) is 2.23. The second-order valence-corrected chi connectivity index (χ2v) is 5.83. The fourth-order valence-corrected chi connectivity index (χ4v) is 3.20. The zero-order valence-corrected chi connectivity index (χ0v) is 14.7. The number of hydrogen-bond acceptors (Lipinski definition) is 7. The number of benzene rings is 1. The Bertz CT molecular complexity index is 668. The summed E-state index contributed by atoms with van der Waals surface area (Å²) < 4.78 is 26.4. The maximum atomic E-state index is 12.5. The van der Waals surface area contributed by atoms with Crippen LogP contribution in [-0.4, -0.2) is 58.4 Å². The quantitative estimate of drug-likeness (QED) is 0.442. The summed E-state index contributed by atoms with van der Waals surface area (Å²) in [6, 6.07) is 5.49. The maximum absolute atomic E-state index is 12.5. The first-order valence-corrected chi connectivity index (χ1v) is 8.20. The molecule has 0 bridgehead atoms. The number of esters is 1. The van der Waals surface area contributed by atoms with Crippen molar-refractivity contribution in [3.63, 3.8) is 0 Å². The van der Waals surface area contributed by atoms with E-state index in [0.29, 0.717) is 23.6 Å². The number of ether oxygens (including phenoxy) is 5. The molecule has 0 aliphatic carbocycles. The van der Waals surface area contributed by atoms with E-state index in [-0.39, 0.29) is 19.1 Å². The first-order chi connectivity index (χ1) is 12.2. The minimum Gasteiger partial charge on any atom is -0.465 e. The van der Waals surface area contributed by atoms with Crippen molar-refractivity contribution in [1.82, 2.24) is 4.90 Å². The van der Waals surface area contributed by atoms with Gasteiger partial charge in [-0.1, -0.05) is 6.07 Å². The number of rotatable bonds is 6. The number of likely N-dealkylation sites (tertiary alicyclic amines) is 1. The molecule has 136 valence electrons. The van der Waals surface area contributed by atoms with E-state index in [1.807, 2.05) is 18.2 Å². The molecule has 1 aromatic carbocycles. The molecular formula is C18H23NO6. The predicted molar refractivity (Wildman–Crippen MR) is 90.1 cm³/mol. The Hall–Kier alpha value is -2.25. The maximum Gasteiger partial charge on any atom is 0.340 e. The van der Waals surface area contributed by atoms with Gasteiger partial charge in [-0.25, -0.2) is 4.79 Å². The van der Waals surface area contributed by atoms with Gasteiger partial charge in [0.05, 0.1) is 19.2 Å². The van der Waals surface area contributed by atoms with E-state index >= 15 is 0 Å². The molecule has 7 nitrogen and oxygen atoms in total. The van der Waals surface area contributed by atoms with Gasteiger partial charge in [0.1, 0.15) is 0 Å². The second kappa shape index (κ2) is 7.76. The lowest BCUT2D eigenvalue weighted by molar-refractivity contribution is -0.134. The number of nitrogens with zero attached hydrogens (tertiary/aromatic N) is 1. The van der Waals surface area contributed by atoms with Crippen molar-refractivity contribution in [2.24, 2.45) is 0 Å². The van der Waals surface area contributed by atoms with Crippen molar-refractivity contribution in [2.45, 2.75) is 19.1 Å². The van der Waals surface area contributed by atoms with Gasteiger partial charge in [0.2, 0.25) is 6.79 Å². The molecule has 0 atom stereocenters. The molecular weight excluding hydrogens is 326 g/mol. The van der Waals surface area contributed by atoms with E-state index in [1.165, 1.54) is 7.11 Å². The number of carbonyl (C=O) groups is 1. The van der Waals surface area contributed by atoms with Crippen molar-refractivity contribution < 1.29 is 28.5 Å². The third-order valence-corrected chi connectivity index (χ3v) is 4.46. The van der Waals surface area contributed by atoms with Crippen LogP contribution in [0, 0.1) is 0 Å². The first-order valence-electron chi connectivity index (χ1n) is 8.20. The SMILES string of the molecule is COC(=O)/C(=C1\CCCN1CC(OC)OC)c1ccc2c(c1)OCO2. The van der Waals surface area contributed by atoms with E-state index in [0.717, 1.165) is 30.6 Å². The molecule has 0 N–H and O–H groups in total. The smallest absolute Gasteiger partial charge is 0.340 e. The molecule has 0 amide bonds. The van der Waals surface area contributed by atoms with Crippen LogP contribution in [-0.2, 0) is 19.0 Å². The van der Waals surface area contributed by atoms with Gasteiger partial charge in [0.15, 0.2) is 17.8 Å². The zero-order chi connectivity index (χ0) is 17.8. The Balaban J connectivity index is 1.99. The average Bonchev–Trinajstić information content (AvgIpc) is 3.28. The third-order valence-electron chi connectivity index (χ3n) is 4.46. The van der Waals surface area contributed by atoms with Crippen LogP contribution in [0.1, 0.15) is 18.4 Å². The predicted octanol–water partition coefficient (Wildman–Crippen LogP) is 2.01. The summed E-state index contributed by atoms with van der Waals surface area (Å²) in [6.07, 6.45) is 1.39. The molecule has 0 aromatic heterocycles. The minimum atomic E-state index is -0.368. The topological polar surface area (TPSA) is 66.5 Å². The Morgan fingerprint density at radius 3 is 2.68 bits per heavy atom. The highest BCUT2D eigenvalue weighted by atomic mass is 16.7. The van der Waals surface area contributed by atoms with Crippen molar-refractivity contribution in [2.75, 3.05) is 41.2 Å². The Morgan fingerprint density at radius 2 is 1.96 bits per heavy atom. The largest absolute Gasteiger partial charge is 0.465 e. The third kappa shape index (κ3) is 3.57. The lowest BCUT2D eigenvalue weighted by Gasteiger charge is -2.26. The number of fused-ring (bicyclic) bond motifs is 1. The molecule has 0 unspecified atom stereocenters. The van der Waals surface area contributed by atoms with Gasteiger partial charge < -0.3 is 28.6 Å². The number of carbonyl (C=O) groups excluding carboxylic acids is 1.